The second-order valence-corrected chi connectivity index (χ2v) is 10.8. The average Bonchev–Trinajstić information content (AvgIpc) is 2.74. The van der Waals surface area contributed by atoms with Crippen molar-refractivity contribution in [3.05, 3.63) is 24.3 Å². The summed E-state index contributed by atoms with van der Waals surface area (Å²) in [6, 6.07) is 5.68. The number of morpholine rings is 1. The van der Waals surface area contributed by atoms with E-state index in [-0.39, 0.29) is 23.1 Å². The van der Waals surface area contributed by atoms with Crippen LogP contribution >= 0.6 is 0 Å². The molecule has 2 fully saturated rings. The van der Waals surface area contributed by atoms with E-state index in [4.69, 9.17) is 9.47 Å². The fraction of sp³-hybridized carbons (Fsp3) is 0.619. The Kier molecular flexibility index (Phi) is 7.63. The molecule has 0 spiro atoms. The number of carbonyl (C=O) groups excluding carboxylic acids is 2. The van der Waals surface area contributed by atoms with Gasteiger partial charge in [0.15, 0.2) is 0 Å². The van der Waals surface area contributed by atoms with E-state index in [9.17, 15) is 18.0 Å². The molecule has 0 aromatic heterocycles. The van der Waals surface area contributed by atoms with E-state index in [1.165, 1.54) is 16.4 Å². The zero-order valence-electron chi connectivity index (χ0n) is 18.8. The summed E-state index contributed by atoms with van der Waals surface area (Å²) in [5.74, 6) is 0. The Balaban J connectivity index is 1.47. The van der Waals surface area contributed by atoms with Gasteiger partial charge in [0.2, 0.25) is 10.0 Å². The number of likely N-dealkylation sites (tertiary alicyclic amines) is 1. The molecule has 0 radical (unpaired) electrons. The molecule has 178 valence electrons. The monoisotopic (exact) mass is 468 g/mol. The number of urea groups is 1. The van der Waals surface area contributed by atoms with Crippen LogP contribution in [0.25, 0.3) is 0 Å². The number of nitrogens with one attached hydrogen (secondary N) is 2. The predicted octanol–water partition coefficient (Wildman–Crippen LogP) is 2.23. The van der Waals surface area contributed by atoms with Crippen molar-refractivity contribution in [1.82, 2.24) is 14.5 Å². The number of nitrogens with zero attached hydrogens (tertiary/aromatic N) is 2. The zero-order valence-corrected chi connectivity index (χ0v) is 19.6. The Labute approximate surface area is 189 Å². The Morgan fingerprint density at radius 3 is 2.19 bits per heavy atom. The van der Waals surface area contributed by atoms with Crippen molar-refractivity contribution >= 4 is 27.8 Å². The van der Waals surface area contributed by atoms with Crippen molar-refractivity contribution in [2.75, 3.05) is 44.7 Å². The van der Waals surface area contributed by atoms with E-state index in [0.29, 0.717) is 57.9 Å². The average molecular weight is 469 g/mol. The van der Waals surface area contributed by atoms with Gasteiger partial charge in [-0.15, -0.1) is 0 Å². The third kappa shape index (κ3) is 6.57. The second-order valence-electron chi connectivity index (χ2n) is 8.88. The highest BCUT2D eigenvalue weighted by molar-refractivity contribution is 7.89. The van der Waals surface area contributed by atoms with Gasteiger partial charge in [0, 0.05) is 37.9 Å². The van der Waals surface area contributed by atoms with Gasteiger partial charge in [0.25, 0.3) is 0 Å². The Hall–Kier alpha value is -2.37. The van der Waals surface area contributed by atoms with Gasteiger partial charge in [-0.3, -0.25) is 0 Å². The van der Waals surface area contributed by atoms with Crippen LogP contribution in [0.2, 0.25) is 0 Å². The maximum absolute atomic E-state index is 12.7. The minimum atomic E-state index is -3.57. The van der Waals surface area contributed by atoms with Crippen molar-refractivity contribution in [3.8, 4) is 0 Å². The first-order valence-electron chi connectivity index (χ1n) is 10.8. The van der Waals surface area contributed by atoms with Crippen LogP contribution in [0.3, 0.4) is 0 Å². The van der Waals surface area contributed by atoms with Crippen molar-refractivity contribution in [1.29, 1.82) is 0 Å². The largest absolute Gasteiger partial charge is 0.444 e. The van der Waals surface area contributed by atoms with Crippen molar-refractivity contribution in [2.24, 2.45) is 0 Å². The molecular formula is C21H32N4O6S. The van der Waals surface area contributed by atoms with Crippen molar-refractivity contribution in [2.45, 2.75) is 50.2 Å². The van der Waals surface area contributed by atoms with Gasteiger partial charge >= 0.3 is 12.1 Å². The molecule has 2 saturated heterocycles. The Morgan fingerprint density at radius 2 is 1.62 bits per heavy atom. The van der Waals surface area contributed by atoms with E-state index in [2.05, 4.69) is 10.6 Å². The number of amides is 3. The first-order valence-corrected chi connectivity index (χ1v) is 12.2. The first-order chi connectivity index (χ1) is 15.0. The standard InChI is InChI=1S/C21H32N4O6S/c1-21(2,3)31-20(27)24-10-8-17(9-11-24)23-19(26)22-16-4-6-18(7-5-16)32(28,29)25-12-14-30-15-13-25/h4-7,17H,8-15H2,1-3H3,(H2,22,23,26). The lowest BCUT2D eigenvalue weighted by Gasteiger charge is -2.33. The number of carbonyl (C=O) groups is 2. The lowest BCUT2D eigenvalue weighted by Crippen LogP contribution is -2.48. The number of hydrogen-bond acceptors (Lipinski definition) is 6. The van der Waals surface area contributed by atoms with Crippen molar-refractivity contribution < 1.29 is 27.5 Å². The summed E-state index contributed by atoms with van der Waals surface area (Å²) in [7, 11) is -3.57. The molecule has 0 atom stereocenters. The normalized spacial score (nSPS) is 18.8. The Bertz CT molecular complexity index is 899. The van der Waals surface area contributed by atoms with Crippen LogP contribution in [0.4, 0.5) is 15.3 Å². The SMILES string of the molecule is CC(C)(C)OC(=O)N1CCC(NC(=O)Nc2ccc(S(=O)(=O)N3CCOCC3)cc2)CC1. The van der Waals surface area contributed by atoms with Crippen molar-refractivity contribution in [3.63, 3.8) is 0 Å². The van der Waals surface area contributed by atoms with Crippen LogP contribution in [-0.2, 0) is 19.5 Å². The van der Waals surface area contributed by atoms with E-state index in [1.807, 2.05) is 20.8 Å². The summed E-state index contributed by atoms with van der Waals surface area (Å²) in [6.07, 6.45) is 0.916. The summed E-state index contributed by atoms with van der Waals surface area (Å²) < 4.78 is 37.3. The van der Waals surface area contributed by atoms with Crippen LogP contribution in [-0.4, -0.2) is 80.8 Å². The highest BCUT2D eigenvalue weighted by atomic mass is 32.2. The van der Waals surface area contributed by atoms with Crippen LogP contribution in [0, 0.1) is 0 Å². The Morgan fingerprint density at radius 1 is 1.03 bits per heavy atom. The smallest absolute Gasteiger partial charge is 0.410 e. The lowest BCUT2D eigenvalue weighted by atomic mass is 10.1. The third-order valence-corrected chi connectivity index (χ3v) is 7.11. The number of anilines is 1. The maximum atomic E-state index is 12.7. The predicted molar refractivity (Wildman–Crippen MR) is 119 cm³/mol. The van der Waals surface area contributed by atoms with Crippen LogP contribution in [0.5, 0.6) is 0 Å². The molecule has 32 heavy (non-hydrogen) atoms. The van der Waals surface area contributed by atoms with E-state index in [0.717, 1.165) is 0 Å². The summed E-state index contributed by atoms with van der Waals surface area (Å²) >= 11 is 0. The van der Waals surface area contributed by atoms with Gasteiger partial charge in [-0.05, 0) is 57.9 Å². The fourth-order valence-electron chi connectivity index (χ4n) is 3.53. The summed E-state index contributed by atoms with van der Waals surface area (Å²) in [5, 5.41) is 5.63. The number of ether oxygens (including phenoxy) is 2. The minimum absolute atomic E-state index is 0.0605. The summed E-state index contributed by atoms with van der Waals surface area (Å²) in [5.41, 5.74) is -0.0435. The molecule has 1 aromatic rings. The first kappa shape index (κ1) is 24.3. The minimum Gasteiger partial charge on any atom is -0.444 e. The number of benzene rings is 1. The molecular weight excluding hydrogens is 436 g/mol. The van der Waals surface area contributed by atoms with E-state index >= 15 is 0 Å². The summed E-state index contributed by atoms with van der Waals surface area (Å²) in [4.78, 5) is 26.3. The second kappa shape index (κ2) is 10.1. The number of hydrogen-bond donors (Lipinski definition) is 2. The molecule has 0 saturated carbocycles. The molecule has 3 amide bonds. The highest BCUT2D eigenvalue weighted by Gasteiger charge is 2.28. The molecule has 0 bridgehead atoms. The lowest BCUT2D eigenvalue weighted by molar-refractivity contribution is 0.0202. The summed E-state index contributed by atoms with van der Waals surface area (Å²) in [6.45, 7) is 7.93. The third-order valence-electron chi connectivity index (χ3n) is 5.20. The number of piperidine rings is 1. The molecule has 2 aliphatic heterocycles. The van der Waals surface area contributed by atoms with E-state index in [1.54, 1.807) is 17.0 Å². The molecule has 0 aliphatic carbocycles. The highest BCUT2D eigenvalue weighted by Crippen LogP contribution is 2.20. The number of rotatable bonds is 4. The van der Waals surface area contributed by atoms with Gasteiger partial charge in [0.05, 0.1) is 18.1 Å². The van der Waals surface area contributed by atoms with Crippen LogP contribution in [0.1, 0.15) is 33.6 Å². The maximum Gasteiger partial charge on any atom is 0.410 e. The van der Waals surface area contributed by atoms with Gasteiger partial charge < -0.3 is 25.0 Å². The zero-order chi connectivity index (χ0) is 23.4. The quantitative estimate of drug-likeness (QED) is 0.700. The molecule has 3 rings (SSSR count). The van der Waals surface area contributed by atoms with Crippen LogP contribution in [0.15, 0.2) is 29.2 Å². The molecule has 10 nitrogen and oxygen atoms in total. The molecule has 1 aromatic carbocycles. The van der Waals surface area contributed by atoms with Gasteiger partial charge in [-0.25, -0.2) is 18.0 Å². The topological polar surface area (TPSA) is 117 Å². The van der Waals surface area contributed by atoms with Crippen LogP contribution < -0.4 is 10.6 Å². The fourth-order valence-corrected chi connectivity index (χ4v) is 4.94. The van der Waals surface area contributed by atoms with E-state index < -0.39 is 15.6 Å². The van der Waals surface area contributed by atoms with Gasteiger partial charge in [0.1, 0.15) is 5.60 Å². The number of sulfonamides is 1. The molecule has 2 N–H and O–H groups in total. The van der Waals surface area contributed by atoms with Gasteiger partial charge in [-0.2, -0.15) is 4.31 Å². The molecule has 0 unspecified atom stereocenters. The molecule has 11 heteroatoms. The van der Waals surface area contributed by atoms with Gasteiger partial charge in [-0.1, -0.05) is 0 Å². The molecule has 2 aliphatic rings. The molecule has 2 heterocycles.